The maximum atomic E-state index is 2.56. The molecule has 0 fully saturated rings. The monoisotopic (exact) mass is 738 g/mol. The van der Waals surface area contributed by atoms with Crippen molar-refractivity contribution in [2.24, 2.45) is 0 Å². The van der Waals surface area contributed by atoms with E-state index in [0.717, 1.165) is 38.5 Å². The van der Waals surface area contributed by atoms with Gasteiger partial charge in [0.25, 0.3) is 0 Å². The van der Waals surface area contributed by atoms with Gasteiger partial charge in [0.2, 0.25) is 0 Å². The highest BCUT2D eigenvalue weighted by atomic mass is 32.1. The van der Waals surface area contributed by atoms with Crippen LogP contribution < -0.4 is 4.90 Å². The third-order valence-corrected chi connectivity index (χ3v) is 13.4. The van der Waals surface area contributed by atoms with Crippen LogP contribution in [-0.2, 0) is 19.3 Å². The first-order chi connectivity index (χ1) is 27.7. The molecule has 3 aliphatic carbocycles. The van der Waals surface area contributed by atoms with Gasteiger partial charge in [0.1, 0.15) is 0 Å². The average Bonchev–Trinajstić information content (AvgIpc) is 3.78. The summed E-state index contributed by atoms with van der Waals surface area (Å²) in [6, 6.07) is 47.8. The molecule has 8 aromatic rings. The normalized spacial score (nSPS) is 16.4. The van der Waals surface area contributed by atoms with E-state index in [1.165, 1.54) is 104 Å². The Hall–Kier alpha value is -6.16. The van der Waals surface area contributed by atoms with Gasteiger partial charge in [-0.25, -0.2) is 0 Å². The van der Waals surface area contributed by atoms with Crippen LogP contribution in [0.5, 0.6) is 0 Å². The second kappa shape index (κ2) is 13.5. The van der Waals surface area contributed by atoms with E-state index in [4.69, 9.17) is 0 Å². The molecule has 6 aromatic carbocycles. The Morgan fingerprint density at radius 2 is 1.48 bits per heavy atom. The SMILES string of the molecule is C/C1=C\C=C/CCc2cccc(N(C3=Cc4c(sc5ccccc45)CC3)c3ccc(-c4ccc5c(c4)c4c(n5-c5ccc6ccccc6c5)CCC=C4)cc3)c21. The zero-order valence-electron chi connectivity index (χ0n) is 31.6. The third kappa shape index (κ3) is 5.52. The molecule has 2 aromatic heterocycles. The Bertz CT molecular complexity index is 2980. The van der Waals surface area contributed by atoms with Gasteiger partial charge in [-0.1, -0.05) is 109 Å². The minimum absolute atomic E-state index is 0.997. The fourth-order valence-corrected chi connectivity index (χ4v) is 10.6. The van der Waals surface area contributed by atoms with Crippen LogP contribution in [0.25, 0.3) is 66.3 Å². The van der Waals surface area contributed by atoms with Crippen molar-refractivity contribution in [2.45, 2.75) is 45.4 Å². The van der Waals surface area contributed by atoms with Crippen molar-refractivity contribution in [3.63, 3.8) is 0 Å². The minimum atomic E-state index is 0.997. The number of rotatable bonds is 5. The van der Waals surface area contributed by atoms with Crippen LogP contribution in [0.4, 0.5) is 11.4 Å². The number of aromatic nitrogens is 1. The fraction of sp³-hybridized carbons (Fsp3) is 0.132. The maximum Gasteiger partial charge on any atom is 0.0538 e. The van der Waals surface area contributed by atoms with Crippen LogP contribution in [-0.4, -0.2) is 4.57 Å². The molecule has 0 N–H and O–H groups in total. The third-order valence-electron chi connectivity index (χ3n) is 12.1. The predicted molar refractivity (Wildman–Crippen MR) is 241 cm³/mol. The highest BCUT2D eigenvalue weighted by Gasteiger charge is 2.26. The molecule has 0 unspecified atom stereocenters. The molecule has 0 bridgehead atoms. The van der Waals surface area contributed by atoms with Crippen molar-refractivity contribution in [1.82, 2.24) is 4.57 Å². The lowest BCUT2D eigenvalue weighted by Crippen LogP contribution is -2.20. The van der Waals surface area contributed by atoms with Crippen LogP contribution >= 0.6 is 11.3 Å². The van der Waals surface area contributed by atoms with Gasteiger partial charge in [-0.3, -0.25) is 0 Å². The van der Waals surface area contributed by atoms with Gasteiger partial charge in [0.05, 0.1) is 11.2 Å². The Balaban J connectivity index is 1.03. The Morgan fingerprint density at radius 1 is 0.643 bits per heavy atom. The minimum Gasteiger partial charge on any atom is -0.314 e. The van der Waals surface area contributed by atoms with Crippen molar-refractivity contribution in [3.8, 4) is 16.8 Å². The number of anilines is 2. The molecule has 2 heterocycles. The summed E-state index contributed by atoms with van der Waals surface area (Å²) in [6.07, 6.45) is 20.2. The quantitative estimate of drug-likeness (QED) is 0.171. The molecule has 2 nitrogen and oxygen atoms in total. The summed E-state index contributed by atoms with van der Waals surface area (Å²) in [5.74, 6) is 0. The van der Waals surface area contributed by atoms with E-state index in [9.17, 15) is 0 Å². The Kier molecular flexibility index (Phi) is 8.03. The summed E-state index contributed by atoms with van der Waals surface area (Å²) in [5, 5.41) is 5.23. The van der Waals surface area contributed by atoms with E-state index in [2.05, 4.69) is 180 Å². The zero-order valence-corrected chi connectivity index (χ0v) is 32.5. The number of aryl methyl sites for hydroxylation is 2. The Labute approximate surface area is 332 Å². The lowest BCUT2D eigenvalue weighted by Gasteiger charge is -2.33. The van der Waals surface area contributed by atoms with E-state index in [-0.39, 0.29) is 0 Å². The summed E-state index contributed by atoms with van der Waals surface area (Å²) < 4.78 is 3.88. The van der Waals surface area contributed by atoms with E-state index in [1.807, 2.05) is 11.3 Å². The van der Waals surface area contributed by atoms with Crippen molar-refractivity contribution in [3.05, 3.63) is 190 Å². The van der Waals surface area contributed by atoms with Gasteiger partial charge in [-0.2, -0.15) is 0 Å². The van der Waals surface area contributed by atoms with E-state index in [0.29, 0.717) is 0 Å². The molecule has 3 aliphatic rings. The summed E-state index contributed by atoms with van der Waals surface area (Å²) in [5.41, 5.74) is 17.0. The molecule has 56 heavy (non-hydrogen) atoms. The standard InChI is InChI=1S/C53H42N2S/c1-35-12-3-2-4-14-38-16-11-20-50(53(35)38)54(43-29-31-52-47(34-43)45-18-8-10-21-51(45)56-52)41-26-22-37(23-27-41)40-25-30-49-46(33-40)44-17-7-9-19-48(44)55(49)42-28-24-36-13-5-6-15-39(36)32-42/h2-3,5-8,10-13,15-18,20-28,30,32-34H,4,9,14,19,29,31H2,1H3/b3-2-,35-12+. The summed E-state index contributed by atoms with van der Waals surface area (Å²) in [4.78, 5) is 4.06. The van der Waals surface area contributed by atoms with Crippen LogP contribution in [0, 0.1) is 0 Å². The largest absolute Gasteiger partial charge is 0.314 e. The maximum absolute atomic E-state index is 2.56. The summed E-state index contributed by atoms with van der Waals surface area (Å²) in [6.45, 7) is 2.27. The molecule has 0 radical (unpaired) electrons. The highest BCUT2D eigenvalue weighted by molar-refractivity contribution is 7.19. The van der Waals surface area contributed by atoms with Gasteiger partial charge in [-0.05, 0) is 139 Å². The number of thiophene rings is 1. The molecule has 0 atom stereocenters. The van der Waals surface area contributed by atoms with Crippen molar-refractivity contribution >= 4 is 72.2 Å². The number of hydrogen-bond acceptors (Lipinski definition) is 2. The first-order valence-electron chi connectivity index (χ1n) is 20.1. The highest BCUT2D eigenvalue weighted by Crippen LogP contribution is 2.45. The second-order valence-corrected chi connectivity index (χ2v) is 16.6. The van der Waals surface area contributed by atoms with Crippen molar-refractivity contribution < 1.29 is 0 Å². The number of fused-ring (bicyclic) bond motifs is 8. The average molecular weight is 739 g/mol. The van der Waals surface area contributed by atoms with Gasteiger partial charge in [-0.15, -0.1) is 11.3 Å². The fourth-order valence-electron chi connectivity index (χ4n) is 9.46. The topological polar surface area (TPSA) is 8.17 Å². The molecule has 0 aliphatic heterocycles. The van der Waals surface area contributed by atoms with Crippen LogP contribution in [0.1, 0.15) is 59.0 Å². The molecule has 0 amide bonds. The number of allylic oxidation sites excluding steroid dienone is 6. The molecule has 0 saturated carbocycles. The lowest BCUT2D eigenvalue weighted by molar-refractivity contribution is 0.889. The number of benzene rings is 6. The van der Waals surface area contributed by atoms with Gasteiger partial charge in [0, 0.05) is 54.2 Å². The summed E-state index contributed by atoms with van der Waals surface area (Å²) >= 11 is 1.96. The van der Waals surface area contributed by atoms with E-state index >= 15 is 0 Å². The zero-order chi connectivity index (χ0) is 37.2. The molecule has 270 valence electrons. The van der Waals surface area contributed by atoms with Crippen LogP contribution in [0.3, 0.4) is 0 Å². The smallest absolute Gasteiger partial charge is 0.0538 e. The first-order valence-corrected chi connectivity index (χ1v) is 20.9. The van der Waals surface area contributed by atoms with E-state index in [1.54, 1.807) is 0 Å². The van der Waals surface area contributed by atoms with Gasteiger partial charge < -0.3 is 9.47 Å². The first kappa shape index (κ1) is 33.2. The number of hydrogen-bond donors (Lipinski definition) is 0. The molecular formula is C53H42N2S. The molecule has 3 heteroatoms. The molecular weight excluding hydrogens is 697 g/mol. The molecule has 11 rings (SSSR count). The van der Waals surface area contributed by atoms with E-state index < -0.39 is 0 Å². The predicted octanol–water partition coefficient (Wildman–Crippen LogP) is 14.7. The molecule has 0 spiro atoms. The Morgan fingerprint density at radius 3 is 2.41 bits per heavy atom. The van der Waals surface area contributed by atoms with Crippen LogP contribution in [0.15, 0.2) is 157 Å². The van der Waals surface area contributed by atoms with Crippen LogP contribution in [0.2, 0.25) is 0 Å². The second-order valence-electron chi connectivity index (χ2n) is 15.5. The lowest BCUT2D eigenvalue weighted by atomic mass is 9.91. The molecule has 0 saturated heterocycles. The van der Waals surface area contributed by atoms with Crippen molar-refractivity contribution in [2.75, 3.05) is 4.90 Å². The van der Waals surface area contributed by atoms with Crippen molar-refractivity contribution in [1.29, 1.82) is 0 Å². The van der Waals surface area contributed by atoms with Gasteiger partial charge in [0.15, 0.2) is 0 Å². The number of nitrogens with zero attached hydrogens (tertiary/aromatic N) is 2. The van der Waals surface area contributed by atoms with Gasteiger partial charge >= 0.3 is 0 Å². The summed E-state index contributed by atoms with van der Waals surface area (Å²) in [7, 11) is 0.